The van der Waals surface area contributed by atoms with Gasteiger partial charge in [-0.1, -0.05) is 41.9 Å². The molecule has 2 aromatic carbocycles. The monoisotopic (exact) mass is 467 g/mol. The third-order valence-corrected chi connectivity index (χ3v) is 5.35. The number of para-hydroxylation sites is 1. The molecule has 3 rings (SSSR count). The van der Waals surface area contributed by atoms with Crippen molar-refractivity contribution in [2.75, 3.05) is 13.7 Å². The summed E-state index contributed by atoms with van der Waals surface area (Å²) in [4.78, 5) is 31.7. The number of pyridine rings is 1. The molecule has 1 aromatic heterocycles. The Hall–Kier alpha value is -3.58. The molecule has 33 heavy (non-hydrogen) atoms. The Kier molecular flexibility index (Phi) is 8.66. The summed E-state index contributed by atoms with van der Waals surface area (Å²) in [5.74, 6) is 0.482. The van der Waals surface area contributed by atoms with Gasteiger partial charge in [-0.2, -0.15) is 0 Å². The van der Waals surface area contributed by atoms with Gasteiger partial charge in [0.15, 0.2) is 6.61 Å². The first-order valence-electron chi connectivity index (χ1n) is 10.4. The summed E-state index contributed by atoms with van der Waals surface area (Å²) >= 11 is 6.13. The van der Waals surface area contributed by atoms with Crippen LogP contribution in [0.2, 0.25) is 5.02 Å². The molecule has 0 saturated heterocycles. The van der Waals surface area contributed by atoms with E-state index in [1.807, 2.05) is 42.5 Å². The second-order valence-electron chi connectivity index (χ2n) is 7.30. The molecule has 0 aliphatic rings. The van der Waals surface area contributed by atoms with Crippen LogP contribution in [0.1, 0.15) is 18.2 Å². The van der Waals surface area contributed by atoms with Crippen molar-refractivity contribution in [3.05, 3.63) is 89.2 Å². The normalized spacial score (nSPS) is 11.4. The van der Waals surface area contributed by atoms with Gasteiger partial charge in [-0.3, -0.25) is 14.6 Å². The summed E-state index contributed by atoms with van der Waals surface area (Å²) < 4.78 is 10.8. The molecule has 7 nitrogen and oxygen atoms in total. The lowest BCUT2D eigenvalue weighted by molar-refractivity contribution is -0.142. The number of nitrogens with zero attached hydrogens (tertiary/aromatic N) is 2. The largest absolute Gasteiger partial charge is 0.497 e. The van der Waals surface area contributed by atoms with Crippen molar-refractivity contribution in [3.63, 3.8) is 0 Å². The minimum atomic E-state index is -0.738. The first kappa shape index (κ1) is 24.1. The first-order valence-corrected chi connectivity index (χ1v) is 10.8. The molecule has 0 radical (unpaired) electrons. The highest BCUT2D eigenvalue weighted by molar-refractivity contribution is 6.32. The second kappa shape index (κ2) is 11.9. The van der Waals surface area contributed by atoms with Crippen molar-refractivity contribution in [1.82, 2.24) is 15.2 Å². The molecule has 0 saturated carbocycles. The highest BCUT2D eigenvalue weighted by Crippen LogP contribution is 2.23. The third kappa shape index (κ3) is 6.95. The van der Waals surface area contributed by atoms with E-state index in [9.17, 15) is 9.59 Å². The first-order chi connectivity index (χ1) is 16.0. The van der Waals surface area contributed by atoms with E-state index in [1.165, 1.54) is 4.90 Å². The lowest BCUT2D eigenvalue weighted by Gasteiger charge is -2.29. The van der Waals surface area contributed by atoms with Gasteiger partial charge in [-0.05, 0) is 48.9 Å². The van der Waals surface area contributed by atoms with E-state index in [-0.39, 0.29) is 31.5 Å². The molecule has 172 valence electrons. The van der Waals surface area contributed by atoms with Gasteiger partial charge in [0.25, 0.3) is 5.91 Å². The maximum atomic E-state index is 13.1. The van der Waals surface area contributed by atoms with Gasteiger partial charge in [-0.25, -0.2) is 0 Å². The van der Waals surface area contributed by atoms with Crippen molar-refractivity contribution < 1.29 is 19.1 Å². The van der Waals surface area contributed by atoms with Gasteiger partial charge >= 0.3 is 0 Å². The number of carbonyl (C=O) groups is 2. The number of amides is 2. The summed E-state index contributed by atoms with van der Waals surface area (Å²) in [5.41, 5.74) is 1.58. The van der Waals surface area contributed by atoms with Gasteiger partial charge in [0.05, 0.1) is 24.4 Å². The Labute approximate surface area is 198 Å². The predicted molar refractivity (Wildman–Crippen MR) is 126 cm³/mol. The molecule has 3 aromatic rings. The molecular weight excluding hydrogens is 442 g/mol. The number of methoxy groups -OCH3 is 1. The Bertz CT molecular complexity index is 1060. The molecule has 0 bridgehead atoms. The number of hydrogen-bond donors (Lipinski definition) is 1. The van der Waals surface area contributed by atoms with Crippen LogP contribution in [0.4, 0.5) is 0 Å². The van der Waals surface area contributed by atoms with Crippen LogP contribution in [-0.2, 0) is 22.7 Å². The molecule has 1 atom stereocenters. The zero-order valence-electron chi connectivity index (χ0n) is 18.5. The number of halogens is 1. The Balaban J connectivity index is 1.71. The van der Waals surface area contributed by atoms with Gasteiger partial charge in [0, 0.05) is 12.7 Å². The maximum absolute atomic E-state index is 13.1. The lowest BCUT2D eigenvalue weighted by atomic mass is 10.1. The average Bonchev–Trinajstić information content (AvgIpc) is 2.85. The molecule has 2 amide bonds. The SMILES string of the molecule is COc1ccc(CN(C(=O)COc2ccccc2Cl)[C@H](C)C(=O)NCc2ccccn2)cc1. The average molecular weight is 468 g/mol. The predicted octanol–water partition coefficient (Wildman–Crippen LogP) is 3.86. The summed E-state index contributed by atoms with van der Waals surface area (Å²) in [7, 11) is 1.59. The molecule has 0 unspecified atom stereocenters. The number of hydrogen-bond acceptors (Lipinski definition) is 5. The van der Waals surface area contributed by atoms with Crippen LogP contribution < -0.4 is 14.8 Å². The minimum absolute atomic E-state index is 0.229. The summed E-state index contributed by atoms with van der Waals surface area (Å²) in [6.45, 7) is 1.93. The molecule has 8 heteroatoms. The maximum Gasteiger partial charge on any atom is 0.261 e. The van der Waals surface area contributed by atoms with Crippen molar-refractivity contribution in [3.8, 4) is 11.5 Å². The van der Waals surface area contributed by atoms with Crippen molar-refractivity contribution in [2.45, 2.75) is 26.1 Å². The fourth-order valence-corrected chi connectivity index (χ4v) is 3.31. The third-order valence-electron chi connectivity index (χ3n) is 5.04. The molecule has 1 heterocycles. The standard InChI is InChI=1S/C25H26ClN3O4/c1-18(25(31)28-15-20-7-5-6-14-27-20)29(16-19-10-12-21(32-2)13-11-19)24(30)17-33-23-9-4-3-8-22(23)26/h3-14,18H,15-17H2,1-2H3,(H,28,31)/t18-/m1/s1. The number of nitrogens with one attached hydrogen (secondary N) is 1. The van der Waals surface area contributed by atoms with Crippen LogP contribution in [0.25, 0.3) is 0 Å². The zero-order chi connectivity index (χ0) is 23.6. The molecule has 0 aliphatic heterocycles. The van der Waals surface area contributed by atoms with Crippen molar-refractivity contribution >= 4 is 23.4 Å². The Morgan fingerprint density at radius 1 is 1.06 bits per heavy atom. The van der Waals surface area contributed by atoms with Crippen LogP contribution in [0.15, 0.2) is 72.9 Å². The minimum Gasteiger partial charge on any atom is -0.497 e. The number of benzene rings is 2. The second-order valence-corrected chi connectivity index (χ2v) is 7.71. The van der Waals surface area contributed by atoms with E-state index in [0.29, 0.717) is 16.5 Å². The molecular formula is C25H26ClN3O4. The quantitative estimate of drug-likeness (QED) is 0.489. The van der Waals surface area contributed by atoms with E-state index >= 15 is 0 Å². The molecule has 0 fully saturated rings. The fraction of sp³-hybridized carbons (Fsp3) is 0.240. The van der Waals surface area contributed by atoms with Crippen LogP contribution in [0.5, 0.6) is 11.5 Å². The molecule has 0 aliphatic carbocycles. The van der Waals surface area contributed by atoms with E-state index in [0.717, 1.165) is 11.3 Å². The zero-order valence-corrected chi connectivity index (χ0v) is 19.3. The van der Waals surface area contributed by atoms with Crippen molar-refractivity contribution in [2.24, 2.45) is 0 Å². The van der Waals surface area contributed by atoms with Gasteiger partial charge in [0.1, 0.15) is 17.5 Å². The van der Waals surface area contributed by atoms with E-state index < -0.39 is 6.04 Å². The van der Waals surface area contributed by atoms with Crippen LogP contribution >= 0.6 is 11.6 Å². The lowest BCUT2D eigenvalue weighted by Crippen LogP contribution is -2.48. The van der Waals surface area contributed by atoms with Crippen molar-refractivity contribution in [1.29, 1.82) is 0 Å². The van der Waals surface area contributed by atoms with Gasteiger partial charge in [0.2, 0.25) is 5.91 Å². The highest BCUT2D eigenvalue weighted by atomic mass is 35.5. The number of aromatic nitrogens is 1. The topological polar surface area (TPSA) is 80.8 Å². The van der Waals surface area contributed by atoms with E-state index in [4.69, 9.17) is 21.1 Å². The van der Waals surface area contributed by atoms with Crippen LogP contribution in [0, 0.1) is 0 Å². The van der Waals surface area contributed by atoms with E-state index in [1.54, 1.807) is 44.5 Å². The van der Waals surface area contributed by atoms with Crippen LogP contribution in [0.3, 0.4) is 0 Å². The van der Waals surface area contributed by atoms with Gasteiger partial charge < -0.3 is 19.7 Å². The van der Waals surface area contributed by atoms with E-state index in [2.05, 4.69) is 10.3 Å². The number of carbonyl (C=O) groups excluding carboxylic acids is 2. The summed E-state index contributed by atoms with van der Waals surface area (Å²) in [6, 6.07) is 19.0. The Morgan fingerprint density at radius 3 is 2.45 bits per heavy atom. The summed E-state index contributed by atoms with van der Waals surface area (Å²) in [6.07, 6.45) is 1.66. The number of rotatable bonds is 10. The van der Waals surface area contributed by atoms with Crippen LogP contribution in [-0.4, -0.2) is 41.5 Å². The fourth-order valence-electron chi connectivity index (χ4n) is 3.12. The molecule has 1 N–H and O–H groups in total. The highest BCUT2D eigenvalue weighted by Gasteiger charge is 2.26. The smallest absolute Gasteiger partial charge is 0.261 e. The number of ether oxygens (including phenoxy) is 2. The van der Waals surface area contributed by atoms with Gasteiger partial charge in [-0.15, -0.1) is 0 Å². The summed E-state index contributed by atoms with van der Waals surface area (Å²) in [5, 5.41) is 3.25. The Morgan fingerprint density at radius 2 is 1.79 bits per heavy atom. The molecule has 0 spiro atoms.